The summed E-state index contributed by atoms with van der Waals surface area (Å²) < 4.78 is 31.9. The van der Waals surface area contributed by atoms with Crippen molar-refractivity contribution in [2.45, 2.75) is 33.0 Å². The average molecular weight is 360 g/mol. The van der Waals surface area contributed by atoms with Crippen molar-refractivity contribution < 1.29 is 13.5 Å². The van der Waals surface area contributed by atoms with Crippen LogP contribution in [0.4, 0.5) is 14.5 Å². The Morgan fingerprint density at radius 2 is 2.14 bits per heavy atom. The number of benzene rings is 1. The zero-order valence-electron chi connectivity index (χ0n) is 11.7. The van der Waals surface area contributed by atoms with Gasteiger partial charge in [0.1, 0.15) is 5.75 Å². The molecular formula is C14H16BrF2N3O. The molecule has 0 fully saturated rings. The first-order valence-electron chi connectivity index (χ1n) is 6.47. The lowest BCUT2D eigenvalue weighted by atomic mass is 10.2. The van der Waals surface area contributed by atoms with Crippen LogP contribution in [-0.2, 0) is 6.54 Å². The summed E-state index contributed by atoms with van der Waals surface area (Å²) >= 11 is 3.32. The summed E-state index contributed by atoms with van der Waals surface area (Å²) in [6, 6.07) is 5.20. The van der Waals surface area contributed by atoms with Crippen LogP contribution < -0.4 is 10.1 Å². The van der Waals surface area contributed by atoms with Crippen LogP contribution in [0.25, 0.3) is 0 Å². The van der Waals surface area contributed by atoms with Crippen LogP contribution in [0.5, 0.6) is 5.75 Å². The normalized spacial score (nSPS) is 11.2. The van der Waals surface area contributed by atoms with Gasteiger partial charge in [0.05, 0.1) is 11.9 Å². The zero-order chi connectivity index (χ0) is 15.4. The van der Waals surface area contributed by atoms with E-state index in [1.807, 2.05) is 24.7 Å². The molecule has 0 unspecified atom stereocenters. The van der Waals surface area contributed by atoms with Gasteiger partial charge in [-0.15, -0.1) is 0 Å². The van der Waals surface area contributed by atoms with Gasteiger partial charge in [-0.2, -0.15) is 13.9 Å². The van der Waals surface area contributed by atoms with Gasteiger partial charge in [-0.3, -0.25) is 4.68 Å². The Kier molecular flexibility index (Phi) is 5.17. The number of halogens is 3. The maximum Gasteiger partial charge on any atom is 0.387 e. The summed E-state index contributed by atoms with van der Waals surface area (Å²) in [5.41, 5.74) is 1.47. The van der Waals surface area contributed by atoms with Crippen molar-refractivity contribution in [1.29, 1.82) is 0 Å². The van der Waals surface area contributed by atoms with Crippen molar-refractivity contribution in [2.24, 2.45) is 0 Å². The molecule has 114 valence electrons. The molecule has 2 rings (SSSR count). The molecule has 1 N–H and O–H groups in total. The van der Waals surface area contributed by atoms with Gasteiger partial charge in [0.2, 0.25) is 0 Å². The van der Waals surface area contributed by atoms with Crippen LogP contribution in [0.2, 0.25) is 0 Å². The molecule has 0 saturated heterocycles. The SMILES string of the molecule is CC(C)n1cc(NCc2cc(Br)ccc2OC(F)F)cn1. The number of hydrogen-bond donors (Lipinski definition) is 1. The predicted octanol–water partition coefficient (Wildman–Crippen LogP) is 4.44. The first-order valence-corrected chi connectivity index (χ1v) is 7.26. The summed E-state index contributed by atoms with van der Waals surface area (Å²) in [5.74, 6) is 0.164. The Bertz CT molecular complexity index is 602. The lowest BCUT2D eigenvalue weighted by Crippen LogP contribution is -2.07. The smallest absolute Gasteiger partial charge is 0.387 e. The molecule has 0 aliphatic rings. The molecule has 0 aliphatic carbocycles. The van der Waals surface area contributed by atoms with E-state index in [4.69, 9.17) is 0 Å². The lowest BCUT2D eigenvalue weighted by Gasteiger charge is -2.12. The number of anilines is 1. The molecule has 0 radical (unpaired) electrons. The van der Waals surface area contributed by atoms with E-state index < -0.39 is 6.61 Å². The van der Waals surface area contributed by atoms with Crippen molar-refractivity contribution in [1.82, 2.24) is 9.78 Å². The molecule has 0 saturated carbocycles. The minimum absolute atomic E-state index is 0.164. The van der Waals surface area contributed by atoms with Gasteiger partial charge in [0.15, 0.2) is 0 Å². The first-order chi connectivity index (χ1) is 9.95. The monoisotopic (exact) mass is 359 g/mol. The fourth-order valence-electron chi connectivity index (χ4n) is 1.81. The van der Waals surface area contributed by atoms with Crippen molar-refractivity contribution in [3.63, 3.8) is 0 Å². The Hall–Kier alpha value is -1.63. The predicted molar refractivity (Wildman–Crippen MR) is 80.7 cm³/mol. The topological polar surface area (TPSA) is 39.1 Å². The van der Waals surface area contributed by atoms with Crippen molar-refractivity contribution in [3.8, 4) is 5.75 Å². The molecule has 4 nitrogen and oxygen atoms in total. The quantitative estimate of drug-likeness (QED) is 0.828. The minimum atomic E-state index is -2.84. The second kappa shape index (κ2) is 6.89. The van der Waals surface area contributed by atoms with Crippen LogP contribution >= 0.6 is 15.9 Å². The third kappa shape index (κ3) is 4.42. The molecule has 0 bridgehead atoms. The van der Waals surface area contributed by atoms with Crippen LogP contribution in [0, 0.1) is 0 Å². The number of alkyl halides is 2. The zero-order valence-corrected chi connectivity index (χ0v) is 13.3. The number of nitrogens with one attached hydrogen (secondary N) is 1. The van der Waals surface area contributed by atoms with Crippen LogP contribution in [0.1, 0.15) is 25.5 Å². The third-order valence-corrected chi connectivity index (χ3v) is 3.35. The number of ether oxygens (including phenoxy) is 1. The molecular weight excluding hydrogens is 344 g/mol. The maximum atomic E-state index is 12.4. The Balaban J connectivity index is 2.09. The Morgan fingerprint density at radius 1 is 1.38 bits per heavy atom. The van der Waals surface area contributed by atoms with Crippen LogP contribution in [0.15, 0.2) is 35.1 Å². The highest BCUT2D eigenvalue weighted by atomic mass is 79.9. The van der Waals surface area contributed by atoms with Crippen molar-refractivity contribution in [3.05, 3.63) is 40.6 Å². The van der Waals surface area contributed by atoms with Crippen molar-refractivity contribution in [2.75, 3.05) is 5.32 Å². The highest BCUT2D eigenvalue weighted by molar-refractivity contribution is 9.10. The Labute approximate surface area is 130 Å². The number of nitrogens with zero attached hydrogens (tertiary/aromatic N) is 2. The van der Waals surface area contributed by atoms with Crippen LogP contribution in [0.3, 0.4) is 0 Å². The molecule has 7 heteroatoms. The van der Waals surface area contributed by atoms with E-state index in [-0.39, 0.29) is 11.8 Å². The number of hydrogen-bond acceptors (Lipinski definition) is 3. The molecule has 2 aromatic rings. The maximum absolute atomic E-state index is 12.4. The third-order valence-electron chi connectivity index (χ3n) is 2.85. The summed E-state index contributed by atoms with van der Waals surface area (Å²) in [6.07, 6.45) is 3.57. The van der Waals surface area contributed by atoms with Gasteiger partial charge in [-0.05, 0) is 32.0 Å². The standard InChI is InChI=1S/C14H16BrF2N3O/c1-9(2)20-8-12(7-19-20)18-6-10-5-11(15)3-4-13(10)21-14(16)17/h3-5,7-9,14,18H,6H2,1-2H3. The molecule has 0 aliphatic heterocycles. The molecule has 1 heterocycles. The van der Waals surface area contributed by atoms with Gasteiger partial charge >= 0.3 is 6.61 Å². The molecule has 1 aromatic heterocycles. The van der Waals surface area contributed by atoms with E-state index in [0.29, 0.717) is 12.1 Å². The highest BCUT2D eigenvalue weighted by Gasteiger charge is 2.10. The average Bonchev–Trinajstić information content (AvgIpc) is 2.87. The molecule has 1 aromatic carbocycles. The fraction of sp³-hybridized carbons (Fsp3) is 0.357. The minimum Gasteiger partial charge on any atom is -0.434 e. The van der Waals surface area contributed by atoms with E-state index in [9.17, 15) is 8.78 Å². The summed E-state index contributed by atoms with van der Waals surface area (Å²) in [4.78, 5) is 0. The van der Waals surface area contributed by atoms with Gasteiger partial charge in [0, 0.05) is 28.8 Å². The summed E-state index contributed by atoms with van der Waals surface area (Å²) in [6.45, 7) is 1.58. The van der Waals surface area contributed by atoms with E-state index in [1.54, 1.807) is 18.3 Å². The number of rotatable bonds is 6. The van der Waals surface area contributed by atoms with E-state index in [0.717, 1.165) is 10.2 Å². The van der Waals surface area contributed by atoms with Crippen LogP contribution in [-0.4, -0.2) is 16.4 Å². The second-order valence-corrected chi connectivity index (χ2v) is 5.70. The van der Waals surface area contributed by atoms with E-state index in [2.05, 4.69) is 31.1 Å². The second-order valence-electron chi connectivity index (χ2n) is 4.79. The van der Waals surface area contributed by atoms with Crippen molar-refractivity contribution >= 4 is 21.6 Å². The van der Waals surface area contributed by atoms with Gasteiger partial charge in [-0.1, -0.05) is 15.9 Å². The van der Waals surface area contributed by atoms with E-state index >= 15 is 0 Å². The fourth-order valence-corrected chi connectivity index (χ4v) is 2.21. The lowest BCUT2D eigenvalue weighted by molar-refractivity contribution is -0.0504. The molecule has 21 heavy (non-hydrogen) atoms. The summed E-state index contributed by atoms with van der Waals surface area (Å²) in [7, 11) is 0. The van der Waals surface area contributed by atoms with Gasteiger partial charge in [0.25, 0.3) is 0 Å². The molecule has 0 amide bonds. The van der Waals surface area contributed by atoms with E-state index in [1.165, 1.54) is 6.07 Å². The Morgan fingerprint density at radius 3 is 2.76 bits per heavy atom. The van der Waals surface area contributed by atoms with Gasteiger partial charge < -0.3 is 10.1 Å². The first kappa shape index (κ1) is 15.8. The highest BCUT2D eigenvalue weighted by Crippen LogP contribution is 2.25. The van der Waals surface area contributed by atoms with Gasteiger partial charge in [-0.25, -0.2) is 0 Å². The summed E-state index contributed by atoms with van der Waals surface area (Å²) in [5, 5.41) is 7.36. The largest absolute Gasteiger partial charge is 0.434 e. The molecule has 0 atom stereocenters. The number of aromatic nitrogens is 2. The molecule has 0 spiro atoms.